The van der Waals surface area contributed by atoms with Gasteiger partial charge in [0.15, 0.2) is 0 Å². The Balaban J connectivity index is 1.84. The Kier molecular flexibility index (Phi) is 6.73. The van der Waals surface area contributed by atoms with Crippen LogP contribution in [0.2, 0.25) is 0 Å². The highest BCUT2D eigenvalue weighted by atomic mass is 32.2. The largest absolute Gasteiger partial charge is 0.477 e. The van der Waals surface area contributed by atoms with Gasteiger partial charge in [-0.2, -0.15) is 30.6 Å². The lowest BCUT2D eigenvalue weighted by molar-refractivity contribution is -0.143. The molecule has 0 atom stereocenters. The predicted octanol–water partition coefficient (Wildman–Crippen LogP) is 5.90. The highest BCUT2D eigenvalue weighted by molar-refractivity contribution is 7.89. The van der Waals surface area contributed by atoms with E-state index < -0.39 is 50.8 Å². The minimum atomic E-state index is -5.22. The number of benzene rings is 2. The van der Waals surface area contributed by atoms with Crippen molar-refractivity contribution >= 4 is 10.0 Å². The van der Waals surface area contributed by atoms with Gasteiger partial charge in [0.05, 0.1) is 22.6 Å². The van der Waals surface area contributed by atoms with Gasteiger partial charge in [0.2, 0.25) is 15.9 Å². The number of nitrogens with zero attached hydrogens (tertiary/aromatic N) is 2. The summed E-state index contributed by atoms with van der Waals surface area (Å²) in [5.41, 5.74) is -3.06. The number of ether oxygens (including phenoxy) is 1. The molecule has 3 aromatic rings. The minimum absolute atomic E-state index is 0.0179. The maximum atomic E-state index is 14.5. The maximum Gasteiger partial charge on any atom is 0.416 e. The van der Waals surface area contributed by atoms with Gasteiger partial charge < -0.3 is 4.74 Å². The first-order chi connectivity index (χ1) is 16.8. The highest BCUT2D eigenvalue weighted by Crippen LogP contribution is 2.39. The van der Waals surface area contributed by atoms with Crippen LogP contribution in [-0.4, -0.2) is 30.9 Å². The second-order valence-corrected chi connectivity index (χ2v) is 9.84. The van der Waals surface area contributed by atoms with Crippen LogP contribution in [-0.2, 0) is 28.9 Å². The van der Waals surface area contributed by atoms with Crippen molar-refractivity contribution in [1.29, 1.82) is 0 Å². The molecule has 0 unspecified atom stereocenters. The van der Waals surface area contributed by atoms with Crippen LogP contribution in [0.15, 0.2) is 59.6 Å². The summed E-state index contributed by atoms with van der Waals surface area (Å²) in [5.74, 6) is -0.647. The molecule has 1 aliphatic heterocycles. The monoisotopic (exact) mass is 534 g/mol. The van der Waals surface area contributed by atoms with E-state index in [1.807, 2.05) is 0 Å². The van der Waals surface area contributed by atoms with Gasteiger partial charge >= 0.3 is 12.4 Å². The van der Waals surface area contributed by atoms with Crippen LogP contribution in [0.4, 0.5) is 30.7 Å². The van der Waals surface area contributed by atoms with Crippen molar-refractivity contribution in [3.8, 4) is 17.0 Å². The molecule has 0 aliphatic carbocycles. The fraction of sp³-hybridized carbons (Fsp3) is 0.261. The normalized spacial score (nSPS) is 15.5. The van der Waals surface area contributed by atoms with Gasteiger partial charge in [-0.15, -0.1) is 0 Å². The van der Waals surface area contributed by atoms with Crippen LogP contribution in [0, 0.1) is 5.82 Å². The minimum Gasteiger partial charge on any atom is -0.477 e. The Morgan fingerprint density at radius 1 is 0.889 bits per heavy atom. The first-order valence-corrected chi connectivity index (χ1v) is 11.9. The Labute approximate surface area is 201 Å². The molecule has 36 heavy (non-hydrogen) atoms. The number of hydrogen-bond acceptors (Lipinski definition) is 4. The summed E-state index contributed by atoms with van der Waals surface area (Å²) in [6.45, 7) is -0.832. The summed E-state index contributed by atoms with van der Waals surface area (Å²) in [5, 5.41) is 0. The Morgan fingerprint density at radius 2 is 1.53 bits per heavy atom. The summed E-state index contributed by atoms with van der Waals surface area (Å²) in [6, 6.07) is 7.22. The zero-order chi connectivity index (χ0) is 26.3. The smallest absolute Gasteiger partial charge is 0.416 e. The van der Waals surface area contributed by atoms with E-state index in [4.69, 9.17) is 4.74 Å². The average Bonchev–Trinajstić information content (AvgIpc) is 2.78. The van der Waals surface area contributed by atoms with Gasteiger partial charge in [-0.3, -0.25) is 0 Å². The van der Waals surface area contributed by atoms with Crippen LogP contribution in [0.1, 0.15) is 23.1 Å². The molecule has 5 nitrogen and oxygen atoms in total. The van der Waals surface area contributed by atoms with E-state index in [0.717, 1.165) is 4.31 Å². The fourth-order valence-corrected chi connectivity index (χ4v) is 5.30. The van der Waals surface area contributed by atoms with Gasteiger partial charge in [-0.1, -0.05) is 18.2 Å². The molecule has 192 valence electrons. The van der Waals surface area contributed by atoms with E-state index >= 15 is 0 Å². The third-order valence-electron chi connectivity index (χ3n) is 5.50. The number of sulfonamides is 1. The molecule has 0 amide bonds. The van der Waals surface area contributed by atoms with E-state index in [1.165, 1.54) is 30.5 Å². The third-order valence-corrected chi connectivity index (χ3v) is 7.33. The lowest BCUT2D eigenvalue weighted by Crippen LogP contribution is -2.34. The van der Waals surface area contributed by atoms with E-state index in [-0.39, 0.29) is 60.3 Å². The number of fused-ring (bicyclic) bond motifs is 1. The molecule has 0 N–H and O–H groups in total. The molecule has 0 spiro atoms. The molecule has 0 fully saturated rings. The number of aromatic nitrogens is 1. The standard InChI is InChI=1S/C23H17F7N2O3S/c24-20-5-2-1-4-18(20)17-6-7-31-21-19(17)13-32(8-3-9-35-21)36(33,34)16-11-14(22(25,26)27)10-15(12-16)23(28,29)30/h1-2,4-7,10-12H,3,8-9,13H2. The number of rotatable bonds is 3. The molecule has 4 rings (SSSR count). The molecule has 2 heterocycles. The van der Waals surface area contributed by atoms with Gasteiger partial charge in [0, 0.05) is 30.4 Å². The van der Waals surface area contributed by atoms with Crippen LogP contribution < -0.4 is 4.74 Å². The van der Waals surface area contributed by atoms with Crippen molar-refractivity contribution in [2.75, 3.05) is 13.2 Å². The van der Waals surface area contributed by atoms with Crippen molar-refractivity contribution in [2.24, 2.45) is 0 Å². The van der Waals surface area contributed by atoms with Crippen molar-refractivity contribution in [3.05, 3.63) is 77.2 Å². The topological polar surface area (TPSA) is 59.5 Å². The van der Waals surface area contributed by atoms with Crippen molar-refractivity contribution in [1.82, 2.24) is 9.29 Å². The Hall–Kier alpha value is -3.19. The summed E-state index contributed by atoms with van der Waals surface area (Å²) in [6.07, 6.45) is -9.03. The molecule has 13 heteroatoms. The highest BCUT2D eigenvalue weighted by Gasteiger charge is 2.39. The lowest BCUT2D eigenvalue weighted by Gasteiger charge is -2.27. The van der Waals surface area contributed by atoms with Gasteiger partial charge in [-0.05, 0) is 42.3 Å². The molecule has 0 saturated carbocycles. The van der Waals surface area contributed by atoms with Crippen LogP contribution in [0.25, 0.3) is 11.1 Å². The fourth-order valence-electron chi connectivity index (χ4n) is 3.78. The molecule has 2 aromatic carbocycles. The van der Waals surface area contributed by atoms with E-state index in [0.29, 0.717) is 0 Å². The van der Waals surface area contributed by atoms with E-state index in [9.17, 15) is 39.2 Å². The molecule has 1 aliphatic rings. The van der Waals surface area contributed by atoms with Crippen molar-refractivity contribution < 1.29 is 43.9 Å². The summed E-state index contributed by atoms with van der Waals surface area (Å²) < 4.78 is 128. The number of alkyl halides is 6. The van der Waals surface area contributed by atoms with Gasteiger partial charge in [0.25, 0.3) is 0 Å². The summed E-state index contributed by atoms with van der Waals surface area (Å²) in [7, 11) is -4.86. The second-order valence-electron chi connectivity index (χ2n) is 7.90. The predicted molar refractivity (Wildman–Crippen MR) is 114 cm³/mol. The van der Waals surface area contributed by atoms with Crippen LogP contribution >= 0.6 is 0 Å². The molecule has 0 bridgehead atoms. The molecular formula is C23H17F7N2O3S. The molecule has 0 saturated heterocycles. The van der Waals surface area contributed by atoms with Crippen molar-refractivity contribution in [3.63, 3.8) is 0 Å². The number of hydrogen-bond donors (Lipinski definition) is 0. The van der Waals surface area contributed by atoms with E-state index in [2.05, 4.69) is 4.98 Å². The first-order valence-electron chi connectivity index (χ1n) is 10.4. The Morgan fingerprint density at radius 3 is 2.14 bits per heavy atom. The SMILES string of the molecule is O=S(=O)(c1cc(C(F)(F)F)cc(C(F)(F)F)c1)N1CCCOc2nccc(-c3ccccc3F)c2C1. The van der Waals surface area contributed by atoms with Gasteiger partial charge in [0.1, 0.15) is 5.82 Å². The molecule has 0 radical (unpaired) electrons. The van der Waals surface area contributed by atoms with Crippen molar-refractivity contribution in [2.45, 2.75) is 30.2 Å². The number of pyridine rings is 1. The quantitative estimate of drug-likeness (QED) is 0.393. The zero-order valence-electron chi connectivity index (χ0n) is 18.2. The van der Waals surface area contributed by atoms with Crippen LogP contribution in [0.5, 0.6) is 5.88 Å². The lowest BCUT2D eigenvalue weighted by atomic mass is 10.0. The zero-order valence-corrected chi connectivity index (χ0v) is 19.0. The van der Waals surface area contributed by atoms with Crippen LogP contribution in [0.3, 0.4) is 0 Å². The second kappa shape index (κ2) is 9.36. The Bertz CT molecular complexity index is 1360. The maximum absolute atomic E-state index is 14.5. The number of halogens is 7. The molecule has 1 aromatic heterocycles. The third kappa shape index (κ3) is 5.16. The summed E-state index contributed by atoms with van der Waals surface area (Å²) in [4.78, 5) is 2.89. The summed E-state index contributed by atoms with van der Waals surface area (Å²) >= 11 is 0. The first kappa shape index (κ1) is 25.9. The van der Waals surface area contributed by atoms with E-state index in [1.54, 1.807) is 6.07 Å². The molecular weight excluding hydrogens is 517 g/mol. The van der Waals surface area contributed by atoms with Gasteiger partial charge in [-0.25, -0.2) is 17.8 Å². The average molecular weight is 534 g/mol.